The maximum atomic E-state index is 13.0. The van der Waals surface area contributed by atoms with Crippen LogP contribution in [-0.2, 0) is 14.8 Å². The molecule has 160 valence electrons. The average Bonchev–Trinajstić information content (AvgIpc) is 2.75. The minimum atomic E-state index is -3.72. The molecule has 8 nitrogen and oxygen atoms in total. The number of methoxy groups -OCH3 is 1. The van der Waals surface area contributed by atoms with Gasteiger partial charge in [0.05, 0.1) is 18.2 Å². The van der Waals surface area contributed by atoms with Gasteiger partial charge in [0, 0.05) is 19.0 Å². The summed E-state index contributed by atoms with van der Waals surface area (Å²) in [6.45, 7) is 0.382. The first-order valence-corrected chi connectivity index (χ1v) is 10.7. The van der Waals surface area contributed by atoms with Gasteiger partial charge < -0.3 is 9.84 Å². The van der Waals surface area contributed by atoms with E-state index in [0.29, 0.717) is 24.2 Å². The van der Waals surface area contributed by atoms with E-state index in [1.165, 1.54) is 35.8 Å². The number of halogens is 1. The lowest BCUT2D eigenvalue weighted by molar-refractivity contribution is -0.126. The van der Waals surface area contributed by atoms with Crippen LogP contribution in [0.3, 0.4) is 0 Å². The third kappa shape index (κ3) is 4.95. The van der Waals surface area contributed by atoms with Gasteiger partial charge in [-0.15, -0.1) is 0 Å². The fraction of sp³-hybridized carbons (Fsp3) is 0.300. The second-order valence-corrected chi connectivity index (χ2v) is 8.74. The van der Waals surface area contributed by atoms with Crippen molar-refractivity contribution in [3.63, 3.8) is 0 Å². The average molecular weight is 435 g/mol. The first-order chi connectivity index (χ1) is 14.3. The van der Waals surface area contributed by atoms with Gasteiger partial charge in [-0.05, 0) is 60.9 Å². The number of piperidine rings is 1. The van der Waals surface area contributed by atoms with Crippen molar-refractivity contribution in [3.8, 4) is 11.5 Å². The molecule has 0 bridgehead atoms. The quantitative estimate of drug-likeness (QED) is 0.534. The van der Waals surface area contributed by atoms with Gasteiger partial charge in [0.15, 0.2) is 11.5 Å². The number of amides is 1. The molecule has 1 amide bonds. The summed E-state index contributed by atoms with van der Waals surface area (Å²) in [5, 5.41) is 13.5. The number of aromatic hydroxyl groups is 1. The monoisotopic (exact) mass is 435 g/mol. The molecule has 1 fully saturated rings. The number of nitrogens with one attached hydrogen (secondary N) is 1. The number of ether oxygens (including phenoxy) is 1. The molecule has 2 N–H and O–H groups in total. The molecular formula is C20H22FN3O5S. The van der Waals surface area contributed by atoms with Crippen molar-refractivity contribution in [2.24, 2.45) is 11.0 Å². The van der Waals surface area contributed by atoms with Gasteiger partial charge in [-0.1, -0.05) is 0 Å². The molecule has 0 radical (unpaired) electrons. The summed E-state index contributed by atoms with van der Waals surface area (Å²) in [5.41, 5.74) is 3.09. The van der Waals surface area contributed by atoms with Crippen LogP contribution in [0.2, 0.25) is 0 Å². The van der Waals surface area contributed by atoms with Crippen LogP contribution in [0.25, 0.3) is 0 Å². The van der Waals surface area contributed by atoms with Gasteiger partial charge in [-0.3, -0.25) is 4.79 Å². The van der Waals surface area contributed by atoms with Crippen LogP contribution in [0.15, 0.2) is 52.5 Å². The summed E-state index contributed by atoms with van der Waals surface area (Å²) < 4.78 is 44.6. The van der Waals surface area contributed by atoms with Crippen LogP contribution >= 0.6 is 0 Å². The zero-order valence-corrected chi connectivity index (χ0v) is 17.1. The van der Waals surface area contributed by atoms with Crippen molar-refractivity contribution in [2.75, 3.05) is 20.2 Å². The molecule has 2 aromatic rings. The third-order valence-electron chi connectivity index (χ3n) is 4.87. The van der Waals surface area contributed by atoms with E-state index in [0.717, 1.165) is 12.1 Å². The molecule has 1 saturated heterocycles. The van der Waals surface area contributed by atoms with Crippen LogP contribution in [0.5, 0.6) is 11.5 Å². The zero-order valence-electron chi connectivity index (χ0n) is 16.3. The zero-order chi connectivity index (χ0) is 21.7. The fourth-order valence-electron chi connectivity index (χ4n) is 3.15. The van der Waals surface area contributed by atoms with E-state index in [4.69, 9.17) is 4.74 Å². The Balaban J connectivity index is 1.54. The molecule has 1 aliphatic heterocycles. The second kappa shape index (κ2) is 9.23. The maximum absolute atomic E-state index is 13.0. The Morgan fingerprint density at radius 1 is 1.23 bits per heavy atom. The molecule has 10 heteroatoms. The van der Waals surface area contributed by atoms with Gasteiger partial charge in [0.25, 0.3) is 0 Å². The number of phenols is 1. The lowest BCUT2D eigenvalue weighted by Crippen LogP contribution is -2.42. The Morgan fingerprint density at radius 2 is 1.90 bits per heavy atom. The second-order valence-electron chi connectivity index (χ2n) is 6.80. The highest BCUT2D eigenvalue weighted by molar-refractivity contribution is 7.89. The Labute approximate surface area is 174 Å². The molecular weight excluding hydrogens is 413 g/mol. The highest BCUT2D eigenvalue weighted by Gasteiger charge is 2.32. The van der Waals surface area contributed by atoms with E-state index in [2.05, 4.69) is 10.5 Å². The van der Waals surface area contributed by atoms with Gasteiger partial charge >= 0.3 is 0 Å². The lowest BCUT2D eigenvalue weighted by Gasteiger charge is -2.30. The molecule has 0 atom stereocenters. The number of rotatable bonds is 6. The Hall–Kier alpha value is -2.98. The number of hydrazone groups is 1. The van der Waals surface area contributed by atoms with Gasteiger partial charge in [0.2, 0.25) is 15.9 Å². The van der Waals surface area contributed by atoms with Crippen LogP contribution in [0, 0.1) is 11.7 Å². The predicted octanol–water partition coefficient (Wildman–Crippen LogP) is 2.09. The first-order valence-electron chi connectivity index (χ1n) is 9.27. The van der Waals surface area contributed by atoms with Crippen molar-refractivity contribution in [1.29, 1.82) is 0 Å². The molecule has 0 spiro atoms. The summed E-state index contributed by atoms with van der Waals surface area (Å²) in [6, 6.07) is 9.33. The number of sulfonamides is 1. The number of benzene rings is 2. The molecule has 0 aliphatic carbocycles. The van der Waals surface area contributed by atoms with Gasteiger partial charge in [-0.2, -0.15) is 9.41 Å². The molecule has 0 saturated carbocycles. The molecule has 1 aliphatic rings. The normalized spacial score (nSPS) is 15.9. The van der Waals surface area contributed by atoms with Crippen molar-refractivity contribution >= 4 is 22.1 Å². The minimum absolute atomic E-state index is 0.000958. The van der Waals surface area contributed by atoms with E-state index in [1.54, 1.807) is 12.1 Å². The van der Waals surface area contributed by atoms with Crippen molar-refractivity contribution < 1.29 is 27.4 Å². The molecule has 0 unspecified atom stereocenters. The largest absolute Gasteiger partial charge is 0.504 e. The van der Waals surface area contributed by atoms with E-state index < -0.39 is 15.8 Å². The molecule has 1 heterocycles. The van der Waals surface area contributed by atoms with Crippen molar-refractivity contribution in [3.05, 3.63) is 53.8 Å². The van der Waals surface area contributed by atoms with Gasteiger partial charge in [0.1, 0.15) is 5.82 Å². The minimum Gasteiger partial charge on any atom is -0.504 e. The maximum Gasteiger partial charge on any atom is 0.243 e. The van der Waals surface area contributed by atoms with Crippen LogP contribution in [0.4, 0.5) is 4.39 Å². The van der Waals surface area contributed by atoms with Crippen molar-refractivity contribution in [1.82, 2.24) is 9.73 Å². The van der Waals surface area contributed by atoms with Crippen LogP contribution < -0.4 is 10.2 Å². The number of carbonyl (C=O) groups is 1. The third-order valence-corrected chi connectivity index (χ3v) is 6.78. The molecule has 2 aromatic carbocycles. The van der Waals surface area contributed by atoms with Crippen LogP contribution in [0.1, 0.15) is 18.4 Å². The smallest absolute Gasteiger partial charge is 0.243 e. The topological polar surface area (TPSA) is 108 Å². The van der Waals surface area contributed by atoms with Crippen molar-refractivity contribution in [2.45, 2.75) is 17.7 Å². The highest BCUT2D eigenvalue weighted by atomic mass is 32.2. The Morgan fingerprint density at radius 3 is 2.53 bits per heavy atom. The number of carbonyl (C=O) groups excluding carboxylic acids is 1. The number of nitrogens with zero attached hydrogens (tertiary/aromatic N) is 2. The van der Waals surface area contributed by atoms with Crippen LogP contribution in [-0.4, -0.2) is 50.2 Å². The Bertz CT molecular complexity index is 1030. The summed E-state index contributed by atoms with van der Waals surface area (Å²) in [4.78, 5) is 12.4. The first kappa shape index (κ1) is 21.7. The summed E-state index contributed by atoms with van der Waals surface area (Å²) in [5.74, 6) is -0.872. The molecule has 3 rings (SSSR count). The predicted molar refractivity (Wildman–Crippen MR) is 108 cm³/mol. The number of phenolic OH excluding ortho intramolecular Hbond substituents is 1. The van der Waals surface area contributed by atoms with E-state index in [-0.39, 0.29) is 35.6 Å². The van der Waals surface area contributed by atoms with E-state index >= 15 is 0 Å². The lowest BCUT2D eigenvalue weighted by atomic mass is 9.98. The SMILES string of the molecule is COc1cc(/C=N\NC(=O)C2CCN(S(=O)(=O)c3ccc(F)cc3)CC2)ccc1O. The van der Waals surface area contributed by atoms with Gasteiger partial charge in [-0.25, -0.2) is 18.2 Å². The molecule has 0 aromatic heterocycles. The standard InChI is InChI=1S/C20H22FN3O5S/c1-29-19-12-14(2-7-18(19)25)13-22-23-20(26)15-8-10-24(11-9-15)30(27,28)17-5-3-16(21)4-6-17/h2-7,12-13,15,25H,8-11H2,1H3,(H,23,26)/b22-13-. The number of hydrogen-bond acceptors (Lipinski definition) is 6. The summed E-state index contributed by atoms with van der Waals surface area (Å²) >= 11 is 0. The van der Waals surface area contributed by atoms with E-state index in [9.17, 15) is 22.7 Å². The fourth-order valence-corrected chi connectivity index (χ4v) is 4.62. The highest BCUT2D eigenvalue weighted by Crippen LogP contribution is 2.26. The molecule has 30 heavy (non-hydrogen) atoms. The van der Waals surface area contributed by atoms with E-state index in [1.807, 2.05) is 0 Å². The summed E-state index contributed by atoms with van der Waals surface area (Å²) in [7, 11) is -2.29. The Kier molecular flexibility index (Phi) is 6.68. The number of hydrogen-bond donors (Lipinski definition) is 2. The summed E-state index contributed by atoms with van der Waals surface area (Å²) in [6.07, 6.45) is 2.14.